The maximum Gasteiger partial charge on any atom is 0.255 e. The number of benzene rings is 3. The molecule has 1 N–H and O–H groups in total. The van der Waals surface area contributed by atoms with E-state index in [2.05, 4.69) is 10.3 Å². The third-order valence-corrected chi connectivity index (χ3v) is 6.94. The molecule has 0 atom stereocenters. The second kappa shape index (κ2) is 9.05. The fourth-order valence-electron chi connectivity index (χ4n) is 3.44. The highest BCUT2D eigenvalue weighted by atomic mass is 32.2. The zero-order valence-electron chi connectivity index (χ0n) is 18.4. The molecule has 1 aromatic heterocycles. The summed E-state index contributed by atoms with van der Waals surface area (Å²) in [6.07, 6.45) is 0. The molecule has 0 radical (unpaired) electrons. The summed E-state index contributed by atoms with van der Waals surface area (Å²) >= 11 is 0. The van der Waals surface area contributed by atoms with E-state index >= 15 is 0 Å². The summed E-state index contributed by atoms with van der Waals surface area (Å²) in [6, 6.07) is 18.7. The van der Waals surface area contributed by atoms with E-state index < -0.39 is 15.9 Å². The number of amides is 1. The van der Waals surface area contributed by atoms with Gasteiger partial charge in [-0.3, -0.25) is 4.79 Å². The summed E-state index contributed by atoms with van der Waals surface area (Å²) < 4.78 is 38.5. The van der Waals surface area contributed by atoms with Gasteiger partial charge in [0, 0.05) is 31.8 Å². The highest BCUT2D eigenvalue weighted by Crippen LogP contribution is 2.29. The van der Waals surface area contributed by atoms with E-state index in [0.717, 1.165) is 5.56 Å². The van der Waals surface area contributed by atoms with Crippen molar-refractivity contribution in [1.82, 2.24) is 9.29 Å². The number of nitrogens with zero attached hydrogens (tertiary/aromatic N) is 2. The summed E-state index contributed by atoms with van der Waals surface area (Å²) in [7, 11) is -1.05. The maximum absolute atomic E-state index is 13.3. The number of methoxy groups -OCH3 is 1. The van der Waals surface area contributed by atoms with Crippen LogP contribution in [0.4, 0.5) is 5.69 Å². The van der Waals surface area contributed by atoms with E-state index in [1.54, 1.807) is 25.1 Å². The standard InChI is InChI=1S/C24H23N3O5S/c1-16-25-20-14-19(10-12-21(20)32-16)26-24(28)18-9-11-22(31-3)23(13-18)33(29,30)27(2)15-17-7-5-4-6-8-17/h4-14H,15H2,1-3H3,(H,26,28). The SMILES string of the molecule is COc1ccc(C(=O)Nc2ccc3oc(C)nc3c2)cc1S(=O)(=O)N(C)Cc1ccccc1. The predicted molar refractivity (Wildman–Crippen MR) is 125 cm³/mol. The smallest absolute Gasteiger partial charge is 0.255 e. The maximum atomic E-state index is 13.3. The lowest BCUT2D eigenvalue weighted by Crippen LogP contribution is -2.27. The molecule has 0 fully saturated rings. The minimum Gasteiger partial charge on any atom is -0.495 e. The first-order valence-corrected chi connectivity index (χ1v) is 11.6. The van der Waals surface area contributed by atoms with Crippen molar-refractivity contribution in [2.45, 2.75) is 18.4 Å². The van der Waals surface area contributed by atoms with Crippen molar-refractivity contribution in [1.29, 1.82) is 0 Å². The minimum atomic E-state index is -3.93. The molecule has 0 aliphatic carbocycles. The van der Waals surface area contributed by atoms with Crippen LogP contribution in [-0.2, 0) is 16.6 Å². The van der Waals surface area contributed by atoms with Crippen molar-refractivity contribution in [3.8, 4) is 5.75 Å². The van der Waals surface area contributed by atoms with Crippen molar-refractivity contribution in [3.63, 3.8) is 0 Å². The summed E-state index contributed by atoms with van der Waals surface area (Å²) in [5, 5.41) is 2.77. The second-order valence-corrected chi connectivity index (χ2v) is 9.50. The molecular formula is C24H23N3O5S. The van der Waals surface area contributed by atoms with Crippen LogP contribution in [0.1, 0.15) is 21.8 Å². The average Bonchev–Trinajstić information content (AvgIpc) is 3.18. The molecule has 4 rings (SSSR count). The Kier molecular flexibility index (Phi) is 6.17. The number of aromatic nitrogens is 1. The lowest BCUT2D eigenvalue weighted by Gasteiger charge is -2.19. The van der Waals surface area contributed by atoms with Gasteiger partial charge in [-0.05, 0) is 42.0 Å². The fraction of sp³-hybridized carbons (Fsp3) is 0.167. The Labute approximate surface area is 191 Å². The molecule has 0 spiro atoms. The molecule has 0 saturated carbocycles. The number of hydrogen-bond donors (Lipinski definition) is 1. The Hall–Kier alpha value is -3.69. The van der Waals surface area contributed by atoms with Gasteiger partial charge in [-0.2, -0.15) is 4.31 Å². The number of oxazole rings is 1. The number of ether oxygens (including phenoxy) is 1. The number of anilines is 1. The van der Waals surface area contributed by atoms with Gasteiger partial charge < -0.3 is 14.5 Å². The molecule has 1 heterocycles. The first kappa shape index (κ1) is 22.5. The van der Waals surface area contributed by atoms with Crippen molar-refractivity contribution in [2.75, 3.05) is 19.5 Å². The molecule has 33 heavy (non-hydrogen) atoms. The fourth-order valence-corrected chi connectivity index (χ4v) is 4.77. The van der Waals surface area contributed by atoms with Crippen LogP contribution in [0.15, 0.2) is 76.0 Å². The van der Waals surface area contributed by atoms with E-state index in [1.807, 2.05) is 30.3 Å². The molecule has 9 heteroatoms. The summed E-state index contributed by atoms with van der Waals surface area (Å²) in [5.74, 6) is 0.225. The number of rotatable bonds is 7. The second-order valence-electron chi connectivity index (χ2n) is 7.48. The van der Waals surface area contributed by atoms with Crippen LogP contribution in [-0.4, -0.2) is 37.8 Å². The van der Waals surface area contributed by atoms with Crippen molar-refractivity contribution < 1.29 is 22.4 Å². The van der Waals surface area contributed by atoms with Crippen molar-refractivity contribution in [3.05, 3.63) is 83.7 Å². The lowest BCUT2D eigenvalue weighted by molar-refractivity contribution is 0.102. The summed E-state index contributed by atoms with van der Waals surface area (Å²) in [5.41, 5.74) is 2.77. The number of sulfonamides is 1. The Balaban J connectivity index is 1.61. The molecule has 0 bridgehead atoms. The van der Waals surface area contributed by atoms with E-state index in [0.29, 0.717) is 22.7 Å². The van der Waals surface area contributed by atoms with Crippen molar-refractivity contribution in [2.24, 2.45) is 0 Å². The van der Waals surface area contributed by atoms with Crippen LogP contribution in [0.2, 0.25) is 0 Å². The largest absolute Gasteiger partial charge is 0.495 e. The molecule has 0 unspecified atom stereocenters. The molecule has 4 aromatic rings. The number of carbonyl (C=O) groups is 1. The van der Waals surface area contributed by atoms with E-state index in [-0.39, 0.29) is 22.8 Å². The van der Waals surface area contributed by atoms with Crippen LogP contribution in [0, 0.1) is 6.92 Å². The number of nitrogens with one attached hydrogen (secondary N) is 1. The number of aryl methyl sites for hydroxylation is 1. The van der Waals surface area contributed by atoms with Gasteiger partial charge in [-0.1, -0.05) is 30.3 Å². The van der Waals surface area contributed by atoms with Crippen LogP contribution in [0.5, 0.6) is 5.75 Å². The molecule has 0 aliphatic rings. The molecule has 8 nitrogen and oxygen atoms in total. The van der Waals surface area contributed by atoms with E-state index in [1.165, 1.54) is 36.7 Å². The molecule has 0 aliphatic heterocycles. The first-order chi connectivity index (χ1) is 15.8. The van der Waals surface area contributed by atoms with Crippen LogP contribution < -0.4 is 10.1 Å². The van der Waals surface area contributed by atoms with Gasteiger partial charge in [-0.15, -0.1) is 0 Å². The van der Waals surface area contributed by atoms with E-state index in [9.17, 15) is 13.2 Å². The van der Waals surface area contributed by atoms with Crippen LogP contribution in [0.3, 0.4) is 0 Å². The average molecular weight is 466 g/mol. The third-order valence-electron chi connectivity index (χ3n) is 5.11. The van der Waals surface area contributed by atoms with Crippen LogP contribution in [0.25, 0.3) is 11.1 Å². The summed E-state index contributed by atoms with van der Waals surface area (Å²) in [4.78, 5) is 17.1. The summed E-state index contributed by atoms with van der Waals surface area (Å²) in [6.45, 7) is 1.92. The lowest BCUT2D eigenvalue weighted by atomic mass is 10.2. The van der Waals surface area contributed by atoms with Gasteiger partial charge in [0.15, 0.2) is 11.5 Å². The number of carbonyl (C=O) groups excluding carboxylic acids is 1. The van der Waals surface area contributed by atoms with Crippen LogP contribution >= 0.6 is 0 Å². The molecule has 3 aromatic carbocycles. The molecule has 0 saturated heterocycles. The highest BCUT2D eigenvalue weighted by molar-refractivity contribution is 7.89. The Morgan fingerprint density at radius 2 is 1.85 bits per heavy atom. The highest BCUT2D eigenvalue weighted by Gasteiger charge is 2.26. The Morgan fingerprint density at radius 3 is 2.58 bits per heavy atom. The third kappa shape index (κ3) is 4.74. The minimum absolute atomic E-state index is 0.0846. The Bertz CT molecular complexity index is 1410. The van der Waals surface area contributed by atoms with Gasteiger partial charge in [0.1, 0.15) is 16.2 Å². The van der Waals surface area contributed by atoms with Gasteiger partial charge >= 0.3 is 0 Å². The molecule has 1 amide bonds. The number of fused-ring (bicyclic) bond motifs is 1. The van der Waals surface area contributed by atoms with Gasteiger partial charge in [-0.25, -0.2) is 13.4 Å². The monoisotopic (exact) mass is 465 g/mol. The van der Waals surface area contributed by atoms with Gasteiger partial charge in [0.05, 0.1) is 7.11 Å². The van der Waals surface area contributed by atoms with Gasteiger partial charge in [0.2, 0.25) is 10.0 Å². The zero-order chi connectivity index (χ0) is 23.6. The van der Waals surface area contributed by atoms with Gasteiger partial charge in [0.25, 0.3) is 5.91 Å². The first-order valence-electron chi connectivity index (χ1n) is 10.1. The number of hydrogen-bond acceptors (Lipinski definition) is 6. The topological polar surface area (TPSA) is 102 Å². The van der Waals surface area contributed by atoms with E-state index in [4.69, 9.17) is 9.15 Å². The normalized spacial score (nSPS) is 11.6. The Morgan fingerprint density at radius 1 is 1.09 bits per heavy atom. The zero-order valence-corrected chi connectivity index (χ0v) is 19.2. The van der Waals surface area contributed by atoms with Crippen molar-refractivity contribution >= 4 is 32.7 Å². The molecular weight excluding hydrogens is 442 g/mol. The molecule has 170 valence electrons. The predicted octanol–water partition coefficient (Wildman–Crippen LogP) is 4.22. The quantitative estimate of drug-likeness (QED) is 0.439.